The zero-order valence-corrected chi connectivity index (χ0v) is 13.7. The van der Waals surface area contributed by atoms with Crippen molar-refractivity contribution in [3.05, 3.63) is 42.1 Å². The van der Waals surface area contributed by atoms with Gasteiger partial charge in [-0.05, 0) is 24.6 Å². The summed E-state index contributed by atoms with van der Waals surface area (Å²) in [7, 11) is 4.07. The molecule has 0 amide bonds. The lowest BCUT2D eigenvalue weighted by Crippen LogP contribution is -2.10. The third-order valence-corrected chi connectivity index (χ3v) is 3.78. The maximum atomic E-state index is 5.81. The average molecular weight is 307 g/mol. The van der Waals surface area contributed by atoms with Gasteiger partial charge in [0.1, 0.15) is 5.52 Å². The van der Waals surface area contributed by atoms with Gasteiger partial charge in [0.05, 0.1) is 16.9 Å². The minimum Gasteiger partial charge on any atom is -0.377 e. The quantitative estimate of drug-likeness (QED) is 0.801. The van der Waals surface area contributed by atoms with Gasteiger partial charge >= 0.3 is 0 Å². The van der Waals surface area contributed by atoms with Crippen molar-refractivity contribution in [2.24, 2.45) is 0 Å². The van der Waals surface area contributed by atoms with Crippen LogP contribution in [-0.2, 0) is 6.42 Å². The van der Waals surface area contributed by atoms with E-state index in [1.165, 1.54) is 0 Å². The number of fused-ring (bicyclic) bond motifs is 1. The van der Waals surface area contributed by atoms with Gasteiger partial charge in [0.15, 0.2) is 0 Å². The Morgan fingerprint density at radius 2 is 1.78 bits per heavy atom. The summed E-state index contributed by atoms with van der Waals surface area (Å²) in [6.45, 7) is 2.12. The minimum atomic E-state index is 0.309. The van der Waals surface area contributed by atoms with E-state index < -0.39 is 0 Å². The lowest BCUT2D eigenvalue weighted by Gasteiger charge is -2.17. The number of rotatable bonds is 4. The van der Waals surface area contributed by atoms with Crippen LogP contribution in [-0.4, -0.2) is 29.0 Å². The highest BCUT2D eigenvalue weighted by Crippen LogP contribution is 2.30. The second kappa shape index (κ2) is 6.20. The number of nitrogens with two attached hydrogens (primary N) is 1. The number of nitrogens with zero attached hydrogens (tertiary/aromatic N) is 4. The zero-order valence-electron chi connectivity index (χ0n) is 13.7. The minimum absolute atomic E-state index is 0.309. The summed E-state index contributed by atoms with van der Waals surface area (Å²) in [5.74, 6) is 0.309. The molecule has 0 fully saturated rings. The molecule has 0 aliphatic carbocycles. The molecular weight excluding hydrogens is 286 g/mol. The van der Waals surface area contributed by atoms with Gasteiger partial charge in [0.25, 0.3) is 0 Å². The summed E-state index contributed by atoms with van der Waals surface area (Å²) >= 11 is 0. The number of nitrogen functional groups attached to an aromatic ring is 1. The molecule has 5 nitrogen and oxygen atoms in total. The number of aryl methyl sites for hydroxylation is 1. The fraction of sp³-hybridized carbons (Fsp3) is 0.278. The Labute approximate surface area is 136 Å². The highest BCUT2D eigenvalue weighted by Gasteiger charge is 2.12. The monoisotopic (exact) mass is 307 g/mol. The Balaban J connectivity index is 2.21. The van der Waals surface area contributed by atoms with Gasteiger partial charge in [0.2, 0.25) is 5.95 Å². The van der Waals surface area contributed by atoms with Crippen LogP contribution in [0.1, 0.15) is 19.0 Å². The molecule has 1 aromatic carbocycles. The summed E-state index contributed by atoms with van der Waals surface area (Å²) in [4.78, 5) is 15.6. The molecule has 23 heavy (non-hydrogen) atoms. The molecule has 2 heterocycles. The first-order chi connectivity index (χ1) is 11.1. The van der Waals surface area contributed by atoms with Gasteiger partial charge < -0.3 is 10.6 Å². The van der Waals surface area contributed by atoms with E-state index in [4.69, 9.17) is 10.7 Å². The topological polar surface area (TPSA) is 67.9 Å². The fourth-order valence-electron chi connectivity index (χ4n) is 2.74. The van der Waals surface area contributed by atoms with Crippen LogP contribution in [0.25, 0.3) is 22.3 Å². The number of hydrogen-bond donors (Lipinski definition) is 1. The molecule has 0 aliphatic heterocycles. The molecule has 0 radical (unpaired) electrons. The number of benzene rings is 1. The largest absolute Gasteiger partial charge is 0.377 e. The van der Waals surface area contributed by atoms with Gasteiger partial charge in [0, 0.05) is 25.3 Å². The molecule has 118 valence electrons. The van der Waals surface area contributed by atoms with E-state index in [1.54, 1.807) is 0 Å². The molecular formula is C18H21N5. The highest BCUT2D eigenvalue weighted by molar-refractivity contribution is 5.84. The normalized spacial score (nSPS) is 10.9. The van der Waals surface area contributed by atoms with Crippen LogP contribution in [0.15, 0.2) is 36.4 Å². The Hall–Kier alpha value is -2.69. The van der Waals surface area contributed by atoms with Crippen molar-refractivity contribution in [1.82, 2.24) is 15.0 Å². The van der Waals surface area contributed by atoms with E-state index in [1.807, 2.05) is 38.4 Å². The summed E-state index contributed by atoms with van der Waals surface area (Å²) in [5.41, 5.74) is 11.5. The Morgan fingerprint density at radius 1 is 1.00 bits per heavy atom. The van der Waals surface area contributed by atoms with Gasteiger partial charge in [-0.3, -0.25) is 0 Å². The number of para-hydroxylation sites is 1. The number of aromatic nitrogens is 3. The predicted molar refractivity (Wildman–Crippen MR) is 95.5 cm³/mol. The van der Waals surface area contributed by atoms with Gasteiger partial charge in [-0.25, -0.2) is 15.0 Å². The number of anilines is 2. The molecule has 0 unspecified atom stereocenters. The lowest BCUT2D eigenvalue weighted by atomic mass is 10.1. The van der Waals surface area contributed by atoms with Crippen LogP contribution in [0.3, 0.4) is 0 Å². The fourth-order valence-corrected chi connectivity index (χ4v) is 2.74. The van der Waals surface area contributed by atoms with Crippen molar-refractivity contribution in [2.75, 3.05) is 24.7 Å². The molecule has 0 atom stereocenters. The van der Waals surface area contributed by atoms with Crippen molar-refractivity contribution >= 4 is 22.7 Å². The van der Waals surface area contributed by atoms with Gasteiger partial charge in [-0.2, -0.15) is 0 Å². The Kier molecular flexibility index (Phi) is 4.10. The SMILES string of the molecule is CCCc1nc(N)nc2ccc(-c3ccccc3N(C)C)nc12. The average Bonchev–Trinajstić information content (AvgIpc) is 2.54. The first-order valence-corrected chi connectivity index (χ1v) is 7.80. The maximum absolute atomic E-state index is 5.81. The van der Waals surface area contributed by atoms with Crippen LogP contribution in [0.4, 0.5) is 11.6 Å². The van der Waals surface area contributed by atoms with Crippen LogP contribution >= 0.6 is 0 Å². The van der Waals surface area contributed by atoms with E-state index >= 15 is 0 Å². The highest BCUT2D eigenvalue weighted by atomic mass is 15.1. The van der Waals surface area contributed by atoms with Crippen LogP contribution in [0.5, 0.6) is 0 Å². The van der Waals surface area contributed by atoms with Crippen molar-refractivity contribution in [2.45, 2.75) is 19.8 Å². The molecule has 2 N–H and O–H groups in total. The molecule has 3 rings (SSSR count). The van der Waals surface area contributed by atoms with E-state index in [0.29, 0.717) is 5.95 Å². The maximum Gasteiger partial charge on any atom is 0.220 e. The molecule has 0 aliphatic rings. The Bertz CT molecular complexity index is 842. The first kappa shape index (κ1) is 15.2. The van der Waals surface area contributed by atoms with E-state index in [0.717, 1.165) is 46.5 Å². The standard InChI is InChI=1S/C18H21N5/c1-4-7-14-17-15(22-18(19)21-14)11-10-13(20-17)12-8-5-6-9-16(12)23(2)3/h5-6,8-11H,4,7H2,1-3H3,(H2,19,21,22). The molecule has 2 aromatic heterocycles. The zero-order chi connectivity index (χ0) is 16.4. The number of pyridine rings is 1. The van der Waals surface area contributed by atoms with E-state index in [9.17, 15) is 0 Å². The number of hydrogen-bond acceptors (Lipinski definition) is 5. The van der Waals surface area contributed by atoms with Crippen LogP contribution in [0, 0.1) is 0 Å². The molecule has 0 saturated heterocycles. The second-order valence-electron chi connectivity index (χ2n) is 5.75. The van der Waals surface area contributed by atoms with Crippen molar-refractivity contribution in [1.29, 1.82) is 0 Å². The lowest BCUT2D eigenvalue weighted by molar-refractivity contribution is 0.885. The Morgan fingerprint density at radius 3 is 2.52 bits per heavy atom. The summed E-state index contributed by atoms with van der Waals surface area (Å²) in [5, 5.41) is 0. The van der Waals surface area contributed by atoms with Crippen molar-refractivity contribution in [3.63, 3.8) is 0 Å². The predicted octanol–water partition coefficient (Wildman–Crippen LogP) is 3.29. The summed E-state index contributed by atoms with van der Waals surface area (Å²) in [6, 6.07) is 12.2. The summed E-state index contributed by atoms with van der Waals surface area (Å²) < 4.78 is 0. The van der Waals surface area contributed by atoms with E-state index in [2.05, 4.69) is 33.9 Å². The van der Waals surface area contributed by atoms with E-state index in [-0.39, 0.29) is 0 Å². The van der Waals surface area contributed by atoms with Gasteiger partial charge in [-0.1, -0.05) is 31.5 Å². The molecule has 0 bridgehead atoms. The first-order valence-electron chi connectivity index (χ1n) is 7.80. The third kappa shape index (κ3) is 2.95. The molecule has 0 saturated carbocycles. The van der Waals surface area contributed by atoms with Crippen molar-refractivity contribution < 1.29 is 0 Å². The van der Waals surface area contributed by atoms with Crippen LogP contribution < -0.4 is 10.6 Å². The molecule has 3 aromatic rings. The van der Waals surface area contributed by atoms with Crippen LogP contribution in [0.2, 0.25) is 0 Å². The molecule has 5 heteroatoms. The second-order valence-corrected chi connectivity index (χ2v) is 5.75. The third-order valence-electron chi connectivity index (χ3n) is 3.78. The smallest absolute Gasteiger partial charge is 0.220 e. The molecule has 0 spiro atoms. The van der Waals surface area contributed by atoms with Crippen molar-refractivity contribution in [3.8, 4) is 11.3 Å². The summed E-state index contributed by atoms with van der Waals surface area (Å²) in [6.07, 6.45) is 1.83. The van der Waals surface area contributed by atoms with Gasteiger partial charge in [-0.15, -0.1) is 0 Å².